The lowest BCUT2D eigenvalue weighted by Gasteiger charge is -2.09. The maximum Gasteiger partial charge on any atom is 0.251 e. The molecule has 0 spiro atoms. The summed E-state index contributed by atoms with van der Waals surface area (Å²) < 4.78 is 0. The first kappa shape index (κ1) is 13.4. The van der Waals surface area contributed by atoms with Crippen molar-refractivity contribution >= 4 is 16.9 Å². The first-order chi connectivity index (χ1) is 9.20. The quantitative estimate of drug-likeness (QED) is 0.851. The van der Waals surface area contributed by atoms with Crippen LogP contribution in [0.25, 0.3) is 11.0 Å². The van der Waals surface area contributed by atoms with Gasteiger partial charge in [0.15, 0.2) is 0 Å². The molecule has 1 heterocycles. The summed E-state index contributed by atoms with van der Waals surface area (Å²) in [7, 11) is 0. The molecule has 0 saturated heterocycles. The summed E-state index contributed by atoms with van der Waals surface area (Å²) in [5.74, 6) is -0.101. The highest BCUT2D eigenvalue weighted by atomic mass is 16.1. The van der Waals surface area contributed by atoms with Gasteiger partial charge in [-0.3, -0.25) is 14.8 Å². The second-order valence-electron chi connectivity index (χ2n) is 4.47. The smallest absolute Gasteiger partial charge is 0.251 e. The Bertz CT molecular complexity index is 570. The number of rotatable bonds is 5. The molecule has 0 radical (unpaired) electrons. The molecule has 19 heavy (non-hydrogen) atoms. The maximum atomic E-state index is 12.0. The fourth-order valence-electron chi connectivity index (χ4n) is 1.78. The molecule has 3 N–H and O–H groups in total. The Morgan fingerprint density at radius 1 is 1.32 bits per heavy atom. The fraction of sp³-hybridized carbons (Fsp3) is 0.357. The van der Waals surface area contributed by atoms with Gasteiger partial charge in [0.05, 0.1) is 11.0 Å². The molecular formula is C14H18N4O. The molecule has 1 amide bonds. The van der Waals surface area contributed by atoms with Gasteiger partial charge in [-0.25, -0.2) is 0 Å². The number of nitrogens with two attached hydrogens (primary N) is 1. The summed E-state index contributed by atoms with van der Waals surface area (Å²) in [6, 6.07) is 5.45. The largest absolute Gasteiger partial charge is 0.352 e. The van der Waals surface area contributed by atoms with Crippen molar-refractivity contribution in [1.29, 1.82) is 0 Å². The number of fused-ring (bicyclic) bond motifs is 1. The van der Waals surface area contributed by atoms with Crippen LogP contribution in [0.2, 0.25) is 0 Å². The van der Waals surface area contributed by atoms with Gasteiger partial charge in [-0.2, -0.15) is 0 Å². The number of nitrogens with zero attached hydrogens (tertiary/aromatic N) is 2. The lowest BCUT2D eigenvalue weighted by molar-refractivity contribution is 0.0952. The molecule has 1 atom stereocenters. The molecule has 0 bridgehead atoms. The summed E-state index contributed by atoms with van der Waals surface area (Å²) >= 11 is 0. The van der Waals surface area contributed by atoms with Crippen LogP contribution in [0.4, 0.5) is 0 Å². The van der Waals surface area contributed by atoms with Gasteiger partial charge in [-0.15, -0.1) is 0 Å². The van der Waals surface area contributed by atoms with Gasteiger partial charge in [0.2, 0.25) is 0 Å². The van der Waals surface area contributed by atoms with Crippen molar-refractivity contribution < 1.29 is 4.79 Å². The van der Waals surface area contributed by atoms with Crippen LogP contribution < -0.4 is 11.1 Å². The Morgan fingerprint density at radius 2 is 2.05 bits per heavy atom. The standard InChI is InChI=1S/C14H18N4O/c1-2-11(15)5-6-18-14(19)10-3-4-12-13(9-10)17-8-7-16-12/h3-4,7-9,11H,2,5-6,15H2,1H3,(H,18,19). The van der Waals surface area contributed by atoms with E-state index in [-0.39, 0.29) is 11.9 Å². The summed E-state index contributed by atoms with van der Waals surface area (Å²) in [4.78, 5) is 20.3. The zero-order valence-electron chi connectivity index (χ0n) is 11.0. The van der Waals surface area contributed by atoms with Crippen molar-refractivity contribution in [3.8, 4) is 0 Å². The molecule has 0 aliphatic heterocycles. The van der Waals surface area contributed by atoms with E-state index in [1.165, 1.54) is 0 Å². The van der Waals surface area contributed by atoms with E-state index < -0.39 is 0 Å². The fourth-order valence-corrected chi connectivity index (χ4v) is 1.78. The molecule has 5 nitrogen and oxygen atoms in total. The number of hydrogen-bond donors (Lipinski definition) is 2. The summed E-state index contributed by atoms with van der Waals surface area (Å²) in [6.07, 6.45) is 4.95. The Balaban J connectivity index is 2.01. The van der Waals surface area contributed by atoms with E-state index >= 15 is 0 Å². The van der Waals surface area contributed by atoms with Crippen LogP contribution in [0.5, 0.6) is 0 Å². The van der Waals surface area contributed by atoms with Crippen molar-refractivity contribution in [2.45, 2.75) is 25.8 Å². The molecule has 2 rings (SSSR count). The lowest BCUT2D eigenvalue weighted by atomic mass is 10.1. The second kappa shape index (κ2) is 6.24. The first-order valence-corrected chi connectivity index (χ1v) is 6.45. The van der Waals surface area contributed by atoms with Crippen molar-refractivity contribution in [1.82, 2.24) is 15.3 Å². The normalized spacial score (nSPS) is 12.3. The molecule has 0 aliphatic rings. The Labute approximate surface area is 112 Å². The molecular weight excluding hydrogens is 240 g/mol. The molecule has 0 fully saturated rings. The number of amides is 1. The highest BCUT2D eigenvalue weighted by Crippen LogP contribution is 2.10. The van der Waals surface area contributed by atoms with Crippen molar-refractivity contribution in [3.63, 3.8) is 0 Å². The molecule has 100 valence electrons. The number of nitrogens with one attached hydrogen (secondary N) is 1. The van der Waals surface area contributed by atoms with Gasteiger partial charge in [0.1, 0.15) is 0 Å². The summed E-state index contributed by atoms with van der Waals surface area (Å²) in [5.41, 5.74) is 7.91. The lowest BCUT2D eigenvalue weighted by Crippen LogP contribution is -2.30. The maximum absolute atomic E-state index is 12.0. The molecule has 5 heteroatoms. The van der Waals surface area contributed by atoms with Crippen LogP contribution in [0.1, 0.15) is 30.1 Å². The van der Waals surface area contributed by atoms with E-state index in [0.717, 1.165) is 23.9 Å². The molecule has 1 aromatic heterocycles. The number of benzene rings is 1. The predicted molar refractivity (Wildman–Crippen MR) is 74.8 cm³/mol. The number of aromatic nitrogens is 2. The van der Waals surface area contributed by atoms with Gasteiger partial charge in [0, 0.05) is 30.5 Å². The van der Waals surface area contributed by atoms with Crippen LogP contribution in [0.15, 0.2) is 30.6 Å². The van der Waals surface area contributed by atoms with Gasteiger partial charge < -0.3 is 11.1 Å². The Kier molecular flexibility index (Phi) is 4.41. The molecule has 0 saturated carbocycles. The third-order valence-electron chi connectivity index (χ3n) is 3.06. The van der Waals surface area contributed by atoms with E-state index in [2.05, 4.69) is 15.3 Å². The highest BCUT2D eigenvalue weighted by Gasteiger charge is 2.07. The topological polar surface area (TPSA) is 80.9 Å². The first-order valence-electron chi connectivity index (χ1n) is 6.45. The van der Waals surface area contributed by atoms with E-state index in [9.17, 15) is 4.79 Å². The second-order valence-corrected chi connectivity index (χ2v) is 4.47. The van der Waals surface area contributed by atoms with E-state index in [1.54, 1.807) is 30.6 Å². The highest BCUT2D eigenvalue weighted by molar-refractivity contribution is 5.97. The summed E-state index contributed by atoms with van der Waals surface area (Å²) in [5, 5.41) is 2.86. The SMILES string of the molecule is CCC(N)CCNC(=O)c1ccc2nccnc2c1. The molecule has 1 aromatic carbocycles. The summed E-state index contributed by atoms with van der Waals surface area (Å²) in [6.45, 7) is 2.63. The number of hydrogen-bond acceptors (Lipinski definition) is 4. The molecule has 1 unspecified atom stereocenters. The average Bonchev–Trinajstić information content (AvgIpc) is 2.46. The predicted octanol–water partition coefficient (Wildman–Crippen LogP) is 1.49. The average molecular weight is 258 g/mol. The van der Waals surface area contributed by atoms with Gasteiger partial charge in [-0.1, -0.05) is 6.92 Å². The van der Waals surface area contributed by atoms with Gasteiger partial charge >= 0.3 is 0 Å². The Hall–Kier alpha value is -2.01. The van der Waals surface area contributed by atoms with Crippen LogP contribution in [-0.4, -0.2) is 28.5 Å². The van der Waals surface area contributed by atoms with Crippen LogP contribution in [0.3, 0.4) is 0 Å². The zero-order valence-corrected chi connectivity index (χ0v) is 11.0. The van der Waals surface area contributed by atoms with E-state index in [1.807, 2.05) is 6.92 Å². The van der Waals surface area contributed by atoms with Crippen molar-refractivity contribution in [3.05, 3.63) is 36.2 Å². The van der Waals surface area contributed by atoms with Crippen LogP contribution in [-0.2, 0) is 0 Å². The van der Waals surface area contributed by atoms with Gasteiger partial charge in [0.25, 0.3) is 5.91 Å². The van der Waals surface area contributed by atoms with Crippen molar-refractivity contribution in [2.75, 3.05) is 6.54 Å². The number of carbonyl (C=O) groups is 1. The molecule has 2 aromatic rings. The zero-order chi connectivity index (χ0) is 13.7. The molecule has 0 aliphatic carbocycles. The number of carbonyl (C=O) groups excluding carboxylic acids is 1. The minimum Gasteiger partial charge on any atom is -0.352 e. The van der Waals surface area contributed by atoms with Crippen molar-refractivity contribution in [2.24, 2.45) is 5.73 Å². The van der Waals surface area contributed by atoms with Crippen LogP contribution in [0, 0.1) is 0 Å². The third kappa shape index (κ3) is 3.48. The van der Waals surface area contributed by atoms with Crippen LogP contribution >= 0.6 is 0 Å². The third-order valence-corrected chi connectivity index (χ3v) is 3.06. The van der Waals surface area contributed by atoms with Gasteiger partial charge in [-0.05, 0) is 31.0 Å². The minimum atomic E-state index is -0.101. The monoisotopic (exact) mass is 258 g/mol. The minimum absolute atomic E-state index is 0.101. The Morgan fingerprint density at radius 3 is 2.79 bits per heavy atom. The van der Waals surface area contributed by atoms with E-state index in [0.29, 0.717) is 12.1 Å². The van der Waals surface area contributed by atoms with E-state index in [4.69, 9.17) is 5.73 Å².